The van der Waals surface area contributed by atoms with Gasteiger partial charge in [-0.05, 0) is 48.0 Å². The van der Waals surface area contributed by atoms with E-state index in [9.17, 15) is 9.59 Å². The number of rotatable bonds is 6. The van der Waals surface area contributed by atoms with Crippen molar-refractivity contribution in [3.05, 3.63) is 82.2 Å². The van der Waals surface area contributed by atoms with E-state index in [1.165, 1.54) is 12.3 Å². The van der Waals surface area contributed by atoms with Crippen molar-refractivity contribution in [3.63, 3.8) is 0 Å². The topological polar surface area (TPSA) is 102 Å². The van der Waals surface area contributed by atoms with Crippen molar-refractivity contribution in [2.24, 2.45) is 0 Å². The Labute approximate surface area is 186 Å². The number of carboxylic acids is 1. The van der Waals surface area contributed by atoms with Gasteiger partial charge in [0.25, 0.3) is 5.91 Å². The van der Waals surface area contributed by atoms with Gasteiger partial charge in [0.2, 0.25) is 5.88 Å². The Morgan fingerprint density at radius 1 is 1.06 bits per heavy atom. The van der Waals surface area contributed by atoms with Gasteiger partial charge in [0.15, 0.2) is 5.76 Å². The Bertz CT molecular complexity index is 1290. The molecule has 156 valence electrons. The zero-order valence-corrected chi connectivity index (χ0v) is 17.3. The third kappa shape index (κ3) is 4.96. The number of carboxylic acid groups (broad SMARTS) is 1. The summed E-state index contributed by atoms with van der Waals surface area (Å²) >= 11 is 12.1. The minimum Gasteiger partial charge on any atom is -0.481 e. The van der Waals surface area contributed by atoms with Crippen LogP contribution in [0.1, 0.15) is 16.1 Å². The van der Waals surface area contributed by atoms with Crippen molar-refractivity contribution in [1.29, 1.82) is 0 Å². The first-order chi connectivity index (χ1) is 14.9. The maximum Gasteiger partial charge on any atom is 0.307 e. The highest BCUT2D eigenvalue weighted by Crippen LogP contribution is 2.30. The number of hydrogen-bond acceptors (Lipinski definition) is 5. The molecular formula is C22H14Cl2N2O5. The molecule has 0 radical (unpaired) electrons. The molecule has 0 saturated heterocycles. The van der Waals surface area contributed by atoms with E-state index in [-0.39, 0.29) is 23.1 Å². The number of benzene rings is 2. The summed E-state index contributed by atoms with van der Waals surface area (Å²) in [7, 11) is 0. The van der Waals surface area contributed by atoms with E-state index in [2.05, 4.69) is 10.3 Å². The summed E-state index contributed by atoms with van der Waals surface area (Å²) in [5, 5.41) is 13.1. The predicted octanol–water partition coefficient (Wildman–Crippen LogP) is 5.81. The smallest absolute Gasteiger partial charge is 0.307 e. The Balaban J connectivity index is 1.43. The Kier molecular flexibility index (Phi) is 5.79. The number of halogens is 2. The van der Waals surface area contributed by atoms with Gasteiger partial charge in [0.05, 0.1) is 23.3 Å². The molecule has 2 N–H and O–H groups in total. The van der Waals surface area contributed by atoms with Crippen LogP contribution in [0, 0.1) is 0 Å². The second-order valence-electron chi connectivity index (χ2n) is 6.57. The predicted molar refractivity (Wildman–Crippen MR) is 116 cm³/mol. The number of carbonyl (C=O) groups excluding carboxylic acids is 1. The van der Waals surface area contributed by atoms with Gasteiger partial charge >= 0.3 is 5.97 Å². The van der Waals surface area contributed by atoms with Crippen LogP contribution in [0.4, 0.5) is 5.69 Å². The second kappa shape index (κ2) is 8.67. The Hall–Kier alpha value is -3.55. The van der Waals surface area contributed by atoms with Crippen LogP contribution in [-0.4, -0.2) is 22.0 Å². The molecule has 4 aromatic rings. The fraction of sp³-hybridized carbons (Fsp3) is 0.0455. The third-order valence-corrected chi connectivity index (χ3v) is 4.79. The van der Waals surface area contributed by atoms with E-state index in [1.807, 2.05) is 0 Å². The summed E-state index contributed by atoms with van der Waals surface area (Å²) in [6, 6.07) is 14.6. The van der Waals surface area contributed by atoms with Crippen LogP contribution in [-0.2, 0) is 11.2 Å². The number of aromatic nitrogens is 1. The van der Waals surface area contributed by atoms with Gasteiger partial charge in [-0.1, -0.05) is 29.3 Å². The van der Waals surface area contributed by atoms with E-state index in [0.717, 1.165) is 5.39 Å². The average Bonchev–Trinajstić information content (AvgIpc) is 3.14. The van der Waals surface area contributed by atoms with E-state index >= 15 is 0 Å². The lowest BCUT2D eigenvalue weighted by Gasteiger charge is -2.09. The van der Waals surface area contributed by atoms with Crippen molar-refractivity contribution < 1.29 is 23.8 Å². The molecule has 9 heteroatoms. The first-order valence-corrected chi connectivity index (χ1v) is 9.77. The Morgan fingerprint density at radius 2 is 1.90 bits per heavy atom. The molecule has 2 aromatic carbocycles. The fourth-order valence-corrected chi connectivity index (χ4v) is 3.28. The molecule has 0 unspecified atom stereocenters. The summed E-state index contributed by atoms with van der Waals surface area (Å²) in [5.41, 5.74) is 1.56. The monoisotopic (exact) mass is 456 g/mol. The number of hydrogen-bond donors (Lipinski definition) is 2. The normalized spacial score (nSPS) is 10.8. The molecule has 2 heterocycles. The molecule has 4 rings (SSSR count). The van der Waals surface area contributed by atoms with Gasteiger partial charge in [0, 0.05) is 16.5 Å². The number of furan rings is 1. The Morgan fingerprint density at radius 3 is 2.61 bits per heavy atom. The van der Waals surface area contributed by atoms with Crippen LogP contribution in [0.25, 0.3) is 11.0 Å². The maximum atomic E-state index is 12.4. The lowest BCUT2D eigenvalue weighted by molar-refractivity contribution is -0.136. The highest BCUT2D eigenvalue weighted by molar-refractivity contribution is 6.32. The minimum absolute atomic E-state index is 0.134. The number of amides is 1. The maximum absolute atomic E-state index is 12.4. The van der Waals surface area contributed by atoms with Gasteiger partial charge < -0.3 is 19.6 Å². The summed E-state index contributed by atoms with van der Waals surface area (Å²) in [5.74, 6) is -0.647. The van der Waals surface area contributed by atoms with Gasteiger partial charge in [-0.15, -0.1) is 0 Å². The van der Waals surface area contributed by atoms with Crippen molar-refractivity contribution in [2.75, 3.05) is 5.32 Å². The second-order valence-corrected chi connectivity index (χ2v) is 7.41. The molecule has 0 aliphatic rings. The van der Waals surface area contributed by atoms with Crippen molar-refractivity contribution in [1.82, 2.24) is 4.98 Å². The fourth-order valence-electron chi connectivity index (χ4n) is 2.86. The standard InChI is InChI=1S/C22H14Cl2N2O5/c23-14-2-5-17-13(9-14)10-19(30-17)22(29)26-15-3-6-20(25-11-15)31-18-4-1-12(7-16(18)24)8-21(27)28/h1-7,9-11H,8H2,(H,26,29)(H,27,28). The number of fused-ring (bicyclic) bond motifs is 1. The molecule has 0 saturated carbocycles. The molecule has 31 heavy (non-hydrogen) atoms. The van der Waals surface area contributed by atoms with E-state index < -0.39 is 11.9 Å². The van der Waals surface area contributed by atoms with Crippen LogP contribution >= 0.6 is 23.2 Å². The molecular weight excluding hydrogens is 443 g/mol. The van der Waals surface area contributed by atoms with Crippen molar-refractivity contribution in [2.45, 2.75) is 6.42 Å². The SMILES string of the molecule is O=C(O)Cc1ccc(Oc2ccc(NC(=O)c3cc4cc(Cl)ccc4o3)cn2)c(Cl)c1. The molecule has 0 bridgehead atoms. The number of ether oxygens (including phenoxy) is 1. The van der Waals surface area contributed by atoms with Crippen molar-refractivity contribution in [3.8, 4) is 11.6 Å². The molecule has 0 aliphatic heterocycles. The lowest BCUT2D eigenvalue weighted by Crippen LogP contribution is -2.10. The van der Waals surface area contributed by atoms with Crippen LogP contribution in [0.15, 0.2) is 65.2 Å². The number of anilines is 1. The lowest BCUT2D eigenvalue weighted by atomic mass is 10.1. The van der Waals surface area contributed by atoms with Crippen LogP contribution in [0.3, 0.4) is 0 Å². The van der Waals surface area contributed by atoms with Gasteiger partial charge in [-0.3, -0.25) is 9.59 Å². The quantitative estimate of drug-likeness (QED) is 0.379. The number of nitrogens with zero attached hydrogens (tertiary/aromatic N) is 1. The van der Waals surface area contributed by atoms with E-state index in [4.69, 9.17) is 37.5 Å². The summed E-state index contributed by atoms with van der Waals surface area (Å²) in [4.78, 5) is 27.4. The third-order valence-electron chi connectivity index (χ3n) is 4.26. The van der Waals surface area contributed by atoms with Crippen LogP contribution in [0.2, 0.25) is 10.0 Å². The van der Waals surface area contributed by atoms with Gasteiger partial charge in [-0.2, -0.15) is 0 Å². The first-order valence-electron chi connectivity index (χ1n) is 9.02. The van der Waals surface area contributed by atoms with Crippen molar-refractivity contribution >= 4 is 51.7 Å². The molecule has 0 atom stereocenters. The molecule has 0 aliphatic carbocycles. The largest absolute Gasteiger partial charge is 0.481 e. The number of nitrogens with one attached hydrogen (secondary N) is 1. The van der Waals surface area contributed by atoms with Gasteiger partial charge in [0.1, 0.15) is 11.3 Å². The average molecular weight is 457 g/mol. The summed E-state index contributed by atoms with van der Waals surface area (Å²) < 4.78 is 11.2. The molecule has 0 fully saturated rings. The molecule has 2 aromatic heterocycles. The summed E-state index contributed by atoms with van der Waals surface area (Å²) in [6.45, 7) is 0. The molecule has 0 spiro atoms. The van der Waals surface area contributed by atoms with Gasteiger partial charge in [-0.25, -0.2) is 4.98 Å². The molecule has 7 nitrogen and oxygen atoms in total. The first kappa shape index (κ1) is 20.7. The summed E-state index contributed by atoms with van der Waals surface area (Å²) in [6.07, 6.45) is 1.30. The minimum atomic E-state index is -0.949. The number of pyridine rings is 1. The van der Waals surface area contributed by atoms with E-state index in [1.54, 1.807) is 48.5 Å². The number of aliphatic carboxylic acids is 1. The zero-order chi connectivity index (χ0) is 22.0. The highest BCUT2D eigenvalue weighted by atomic mass is 35.5. The van der Waals surface area contributed by atoms with Crippen LogP contribution in [0.5, 0.6) is 11.6 Å². The van der Waals surface area contributed by atoms with E-state index in [0.29, 0.717) is 27.6 Å². The highest BCUT2D eigenvalue weighted by Gasteiger charge is 2.14. The van der Waals surface area contributed by atoms with Crippen LogP contribution < -0.4 is 10.1 Å². The zero-order valence-electron chi connectivity index (χ0n) is 15.8. The molecule has 1 amide bonds. The number of carbonyl (C=O) groups is 2.